The van der Waals surface area contributed by atoms with E-state index in [0.717, 1.165) is 0 Å². The van der Waals surface area contributed by atoms with E-state index < -0.39 is 0 Å². The smallest absolute Gasteiger partial charge is 0.275 e. The van der Waals surface area contributed by atoms with Crippen LogP contribution >= 0.6 is 35.3 Å². The van der Waals surface area contributed by atoms with Gasteiger partial charge in [-0.15, -0.1) is 23.7 Å². The lowest BCUT2D eigenvalue weighted by Crippen LogP contribution is -2.30. The van der Waals surface area contributed by atoms with Crippen molar-refractivity contribution in [3.63, 3.8) is 0 Å². The molecule has 1 heterocycles. The number of carbonyl (C=O) groups excluding carboxylic acids is 2. The molecule has 3 N–H and O–H groups in total. The number of nitrogens with zero attached hydrogens (tertiary/aromatic N) is 2. The molecule has 0 bridgehead atoms. The second-order valence-corrected chi connectivity index (χ2v) is 6.31. The van der Waals surface area contributed by atoms with Gasteiger partial charge in [-0.1, -0.05) is 11.6 Å². The minimum Gasteiger partial charge on any atom is -0.339 e. The van der Waals surface area contributed by atoms with E-state index in [4.69, 9.17) is 17.3 Å². The minimum absolute atomic E-state index is 0. The van der Waals surface area contributed by atoms with Crippen LogP contribution in [0.3, 0.4) is 0 Å². The summed E-state index contributed by atoms with van der Waals surface area (Å²) in [6, 6.07) is 4.83. The molecule has 0 aliphatic heterocycles. The SMILES string of the molecule is CCN(CC)C(=O)c1ccc(NC(=O)c2csc(CN)n2)cc1Cl.Cl. The van der Waals surface area contributed by atoms with Crippen molar-refractivity contribution in [1.29, 1.82) is 0 Å². The number of hydrogen-bond donors (Lipinski definition) is 2. The zero-order chi connectivity index (χ0) is 17.7. The zero-order valence-corrected chi connectivity index (χ0v) is 16.3. The minimum atomic E-state index is -0.343. The predicted octanol–water partition coefficient (Wildman–Crippen LogP) is 3.41. The van der Waals surface area contributed by atoms with E-state index in [2.05, 4.69) is 10.3 Å². The van der Waals surface area contributed by atoms with Gasteiger partial charge in [0.2, 0.25) is 0 Å². The van der Waals surface area contributed by atoms with Crippen molar-refractivity contribution < 1.29 is 9.59 Å². The molecule has 0 saturated heterocycles. The second-order valence-electron chi connectivity index (χ2n) is 4.96. The lowest BCUT2D eigenvalue weighted by Gasteiger charge is -2.19. The summed E-state index contributed by atoms with van der Waals surface area (Å²) in [4.78, 5) is 30.3. The van der Waals surface area contributed by atoms with Crippen molar-refractivity contribution in [3.05, 3.63) is 44.9 Å². The van der Waals surface area contributed by atoms with Crippen LogP contribution in [0.1, 0.15) is 39.7 Å². The van der Waals surface area contributed by atoms with Gasteiger partial charge >= 0.3 is 0 Å². The van der Waals surface area contributed by atoms with Crippen LogP contribution in [0.2, 0.25) is 5.02 Å². The maximum absolute atomic E-state index is 12.4. The highest BCUT2D eigenvalue weighted by atomic mass is 35.5. The van der Waals surface area contributed by atoms with Crippen molar-refractivity contribution in [2.45, 2.75) is 20.4 Å². The molecular weight excluding hydrogens is 383 g/mol. The molecule has 0 radical (unpaired) electrons. The maximum atomic E-state index is 12.4. The molecule has 0 unspecified atom stereocenters. The number of anilines is 1. The van der Waals surface area contributed by atoms with Crippen LogP contribution in [-0.4, -0.2) is 34.8 Å². The Morgan fingerprint density at radius 2 is 2.00 bits per heavy atom. The van der Waals surface area contributed by atoms with Gasteiger partial charge in [-0.3, -0.25) is 9.59 Å². The first-order valence-electron chi connectivity index (χ1n) is 7.54. The van der Waals surface area contributed by atoms with E-state index in [1.165, 1.54) is 11.3 Å². The van der Waals surface area contributed by atoms with E-state index in [0.29, 0.717) is 46.6 Å². The summed E-state index contributed by atoms with van der Waals surface area (Å²) < 4.78 is 0. The summed E-state index contributed by atoms with van der Waals surface area (Å²) in [6.07, 6.45) is 0. The van der Waals surface area contributed by atoms with Crippen LogP contribution < -0.4 is 11.1 Å². The van der Waals surface area contributed by atoms with Gasteiger partial charge in [0.15, 0.2) is 0 Å². The van der Waals surface area contributed by atoms with Gasteiger partial charge in [-0.25, -0.2) is 4.98 Å². The first kappa shape index (κ1) is 21.4. The average Bonchev–Trinajstić information content (AvgIpc) is 3.05. The Kier molecular flexibility index (Phi) is 8.31. The molecule has 25 heavy (non-hydrogen) atoms. The van der Waals surface area contributed by atoms with Crippen LogP contribution in [0.25, 0.3) is 0 Å². The molecule has 0 atom stereocenters. The summed E-state index contributed by atoms with van der Waals surface area (Å²) in [7, 11) is 0. The molecule has 0 aliphatic rings. The molecule has 1 aromatic heterocycles. The molecule has 1 aromatic carbocycles. The van der Waals surface area contributed by atoms with Crippen molar-refractivity contribution in [2.24, 2.45) is 5.73 Å². The van der Waals surface area contributed by atoms with E-state index in [-0.39, 0.29) is 24.2 Å². The summed E-state index contributed by atoms with van der Waals surface area (Å²) in [5.41, 5.74) is 6.71. The molecule has 0 fully saturated rings. The lowest BCUT2D eigenvalue weighted by atomic mass is 10.1. The molecule has 136 valence electrons. The monoisotopic (exact) mass is 402 g/mol. The highest BCUT2D eigenvalue weighted by molar-refractivity contribution is 7.09. The number of halogens is 2. The van der Waals surface area contributed by atoms with Gasteiger partial charge in [0, 0.05) is 30.7 Å². The molecule has 9 heteroatoms. The van der Waals surface area contributed by atoms with Crippen molar-refractivity contribution in [1.82, 2.24) is 9.88 Å². The Morgan fingerprint density at radius 3 is 2.52 bits per heavy atom. The molecule has 0 saturated carbocycles. The fraction of sp³-hybridized carbons (Fsp3) is 0.312. The summed E-state index contributed by atoms with van der Waals surface area (Å²) in [5.74, 6) is -0.472. The number of carbonyl (C=O) groups is 2. The van der Waals surface area contributed by atoms with E-state index in [1.807, 2.05) is 13.8 Å². The molecule has 0 aliphatic carbocycles. The predicted molar refractivity (Wildman–Crippen MR) is 104 cm³/mol. The number of aromatic nitrogens is 1. The van der Waals surface area contributed by atoms with Crippen LogP contribution in [0.5, 0.6) is 0 Å². The van der Waals surface area contributed by atoms with Crippen molar-refractivity contribution in [2.75, 3.05) is 18.4 Å². The highest BCUT2D eigenvalue weighted by Crippen LogP contribution is 2.23. The summed E-state index contributed by atoms with van der Waals surface area (Å²) >= 11 is 7.54. The molecule has 0 spiro atoms. The maximum Gasteiger partial charge on any atom is 0.275 e. The molecule has 2 aromatic rings. The number of hydrogen-bond acceptors (Lipinski definition) is 5. The highest BCUT2D eigenvalue weighted by Gasteiger charge is 2.17. The van der Waals surface area contributed by atoms with Crippen LogP contribution in [0.4, 0.5) is 5.69 Å². The Morgan fingerprint density at radius 1 is 1.32 bits per heavy atom. The quantitative estimate of drug-likeness (QED) is 0.774. The normalized spacial score (nSPS) is 10.1. The largest absolute Gasteiger partial charge is 0.339 e. The summed E-state index contributed by atoms with van der Waals surface area (Å²) in [6.45, 7) is 5.33. The molecule has 2 rings (SSSR count). The number of benzene rings is 1. The fourth-order valence-corrected chi connectivity index (χ4v) is 3.07. The van der Waals surface area contributed by atoms with Gasteiger partial charge in [0.1, 0.15) is 10.7 Å². The van der Waals surface area contributed by atoms with Gasteiger partial charge in [-0.05, 0) is 32.0 Å². The molecule has 6 nitrogen and oxygen atoms in total. The van der Waals surface area contributed by atoms with Gasteiger partial charge in [0.25, 0.3) is 11.8 Å². The third kappa shape index (κ3) is 5.15. The first-order valence-corrected chi connectivity index (χ1v) is 8.80. The van der Waals surface area contributed by atoms with Gasteiger partial charge in [-0.2, -0.15) is 0 Å². The average molecular weight is 403 g/mol. The third-order valence-electron chi connectivity index (χ3n) is 3.47. The van der Waals surface area contributed by atoms with E-state index in [1.54, 1.807) is 28.5 Å². The van der Waals surface area contributed by atoms with Crippen LogP contribution in [0, 0.1) is 0 Å². The van der Waals surface area contributed by atoms with Crippen molar-refractivity contribution >= 4 is 52.8 Å². The van der Waals surface area contributed by atoms with Crippen LogP contribution in [0.15, 0.2) is 23.6 Å². The van der Waals surface area contributed by atoms with E-state index >= 15 is 0 Å². The zero-order valence-electron chi connectivity index (χ0n) is 13.9. The molecule has 2 amide bonds. The Balaban J connectivity index is 0.00000312. The Bertz CT molecular complexity index is 747. The number of rotatable bonds is 6. The first-order chi connectivity index (χ1) is 11.5. The third-order valence-corrected chi connectivity index (χ3v) is 4.65. The Labute approximate surface area is 161 Å². The standard InChI is InChI=1S/C16H19ClN4O2S.ClH/c1-3-21(4-2)16(23)11-6-5-10(7-12(11)17)19-15(22)13-9-24-14(8-18)20-13;/h5-7,9H,3-4,8,18H2,1-2H3,(H,19,22);1H. The lowest BCUT2D eigenvalue weighted by molar-refractivity contribution is 0.0773. The number of nitrogens with one attached hydrogen (secondary N) is 1. The van der Waals surface area contributed by atoms with Crippen LogP contribution in [-0.2, 0) is 6.54 Å². The van der Waals surface area contributed by atoms with Gasteiger partial charge in [0.05, 0.1) is 10.6 Å². The second kappa shape index (κ2) is 9.72. The summed E-state index contributed by atoms with van der Waals surface area (Å²) in [5, 5.41) is 5.35. The number of amides is 2. The fourth-order valence-electron chi connectivity index (χ4n) is 2.15. The van der Waals surface area contributed by atoms with E-state index in [9.17, 15) is 9.59 Å². The number of thiazole rings is 1. The molecular formula is C16H20Cl2N4O2S. The topological polar surface area (TPSA) is 88.3 Å². The number of nitrogens with two attached hydrogens (primary N) is 1. The van der Waals surface area contributed by atoms with Crippen molar-refractivity contribution in [3.8, 4) is 0 Å². The van der Waals surface area contributed by atoms with Gasteiger partial charge < -0.3 is 16.0 Å². The Hall–Kier alpha value is -1.67.